The van der Waals surface area contributed by atoms with Crippen molar-refractivity contribution in [2.45, 2.75) is 12.8 Å². The van der Waals surface area contributed by atoms with Gasteiger partial charge in [-0.1, -0.05) is 0 Å². The second kappa shape index (κ2) is 3.00. The van der Waals surface area contributed by atoms with Gasteiger partial charge in [-0.15, -0.1) is 0 Å². The van der Waals surface area contributed by atoms with E-state index in [1.165, 1.54) is 0 Å². The van der Waals surface area contributed by atoms with Crippen LogP contribution in [0.2, 0.25) is 0 Å². The van der Waals surface area contributed by atoms with Crippen molar-refractivity contribution in [2.24, 2.45) is 11.8 Å². The van der Waals surface area contributed by atoms with Gasteiger partial charge in [0.25, 0.3) is 0 Å². The molecule has 12 heavy (non-hydrogen) atoms. The fraction of sp³-hybridized carbons (Fsp3) is 1.00. The van der Waals surface area contributed by atoms with Gasteiger partial charge in [0.1, 0.15) is 0 Å². The molecule has 0 unspecified atom stereocenters. The summed E-state index contributed by atoms with van der Waals surface area (Å²) in [6.07, 6.45) is 2.04. The van der Waals surface area contributed by atoms with E-state index >= 15 is 0 Å². The van der Waals surface area contributed by atoms with Crippen molar-refractivity contribution in [3.8, 4) is 0 Å². The van der Waals surface area contributed by atoms with E-state index in [-0.39, 0.29) is 0 Å². The quantitative estimate of drug-likeness (QED) is 0.635. The van der Waals surface area contributed by atoms with Crippen molar-refractivity contribution in [1.82, 2.24) is 5.32 Å². The minimum atomic E-state index is -2.15. The summed E-state index contributed by atoms with van der Waals surface area (Å²) in [5, 5.41) is 3.26. The first-order valence-corrected chi connectivity index (χ1v) is 6.52. The zero-order valence-corrected chi connectivity index (χ0v) is 8.03. The fourth-order valence-electron chi connectivity index (χ4n) is 2.05. The van der Waals surface area contributed by atoms with Gasteiger partial charge >= 0.3 is 0 Å². The number of hydrogen-bond donors (Lipinski definition) is 2. The summed E-state index contributed by atoms with van der Waals surface area (Å²) in [6, 6.07) is 0. The van der Waals surface area contributed by atoms with Gasteiger partial charge < -0.3 is 5.32 Å². The van der Waals surface area contributed by atoms with Gasteiger partial charge in [0, 0.05) is 21.2 Å². The van der Waals surface area contributed by atoms with E-state index in [9.17, 15) is 4.21 Å². The highest BCUT2D eigenvalue weighted by atomic mass is 32.2. The monoisotopic (exact) mass is 188 g/mol. The van der Waals surface area contributed by atoms with E-state index in [1.54, 1.807) is 0 Å². The smallest absolute Gasteiger partial charge is 0.0441 e. The van der Waals surface area contributed by atoms with Crippen molar-refractivity contribution in [2.75, 3.05) is 24.6 Å². The lowest BCUT2D eigenvalue weighted by atomic mass is 9.83. The largest absolute Gasteiger partial charge is 0.316 e. The van der Waals surface area contributed by atoms with E-state index < -0.39 is 9.73 Å². The number of hydrogen-bond acceptors (Lipinski definition) is 3. The Kier molecular flexibility index (Phi) is 2.12. The van der Waals surface area contributed by atoms with Gasteiger partial charge in [-0.2, -0.15) is 0 Å². The maximum absolute atomic E-state index is 11.3. The molecular weight excluding hydrogens is 172 g/mol. The van der Waals surface area contributed by atoms with Gasteiger partial charge in [0.15, 0.2) is 0 Å². The zero-order valence-electron chi connectivity index (χ0n) is 7.21. The van der Waals surface area contributed by atoms with Crippen LogP contribution in [-0.2, 0) is 9.73 Å². The summed E-state index contributed by atoms with van der Waals surface area (Å²) in [7, 11) is -2.15. The molecular formula is C8H16N2OS. The van der Waals surface area contributed by atoms with Gasteiger partial charge in [-0.3, -0.25) is 4.78 Å². The molecule has 0 spiro atoms. The van der Waals surface area contributed by atoms with Crippen molar-refractivity contribution >= 4 is 9.73 Å². The Hall–Kier alpha value is -0.0900. The van der Waals surface area contributed by atoms with Crippen molar-refractivity contribution < 1.29 is 4.21 Å². The topological polar surface area (TPSA) is 53.0 Å². The summed E-state index contributed by atoms with van der Waals surface area (Å²) in [6.45, 7) is 2.29. The molecule has 2 N–H and O–H groups in total. The standard InChI is InChI=1S/C8H16N2OS/c9-12(11)3-1-7(2-4-12)8-5-10-6-8/h7-10H,1-6H2. The number of nitrogens with one attached hydrogen (secondary N) is 2. The van der Waals surface area contributed by atoms with Crippen LogP contribution in [-0.4, -0.2) is 28.8 Å². The van der Waals surface area contributed by atoms with Crippen LogP contribution in [0, 0.1) is 16.6 Å². The van der Waals surface area contributed by atoms with Crippen LogP contribution in [0.15, 0.2) is 0 Å². The predicted molar refractivity (Wildman–Crippen MR) is 49.7 cm³/mol. The lowest BCUT2D eigenvalue weighted by Crippen LogP contribution is -2.47. The second-order valence-electron chi connectivity index (χ2n) is 3.98. The Balaban J connectivity index is 1.89. The molecule has 2 aliphatic heterocycles. The van der Waals surface area contributed by atoms with E-state index in [4.69, 9.17) is 4.78 Å². The molecule has 0 aromatic heterocycles. The molecule has 2 heterocycles. The third-order valence-corrected chi connectivity index (χ3v) is 4.91. The third kappa shape index (κ3) is 1.64. The highest BCUT2D eigenvalue weighted by Gasteiger charge is 2.30. The van der Waals surface area contributed by atoms with Crippen LogP contribution in [0.3, 0.4) is 0 Å². The maximum atomic E-state index is 11.3. The SMILES string of the molecule is N=S1(=O)CCC(C2CNC2)CC1. The van der Waals surface area contributed by atoms with Gasteiger partial charge in [0.2, 0.25) is 0 Å². The molecule has 2 fully saturated rings. The Morgan fingerprint density at radius 1 is 1.17 bits per heavy atom. The molecule has 0 bridgehead atoms. The van der Waals surface area contributed by atoms with E-state index in [1.807, 2.05) is 0 Å². The molecule has 0 aliphatic carbocycles. The predicted octanol–water partition coefficient (Wildman–Crippen LogP) is 0.663. The van der Waals surface area contributed by atoms with Crippen LogP contribution in [0.5, 0.6) is 0 Å². The Bertz CT molecular complexity index is 242. The average Bonchev–Trinajstić information content (AvgIpc) is 1.89. The number of rotatable bonds is 1. The molecule has 0 radical (unpaired) electrons. The van der Waals surface area contributed by atoms with Crippen LogP contribution >= 0.6 is 0 Å². The van der Waals surface area contributed by atoms with E-state index in [0.717, 1.165) is 37.8 Å². The van der Waals surface area contributed by atoms with Gasteiger partial charge in [-0.25, -0.2) is 4.21 Å². The van der Waals surface area contributed by atoms with Crippen molar-refractivity contribution in [3.05, 3.63) is 0 Å². The normalized spacial score (nSPS) is 43.8. The molecule has 3 nitrogen and oxygen atoms in total. The molecule has 70 valence electrons. The molecule has 0 aromatic rings. The molecule has 0 amide bonds. The molecule has 0 aromatic carbocycles. The maximum Gasteiger partial charge on any atom is 0.0441 e. The summed E-state index contributed by atoms with van der Waals surface area (Å²) in [4.78, 5) is 0. The average molecular weight is 188 g/mol. The van der Waals surface area contributed by atoms with Crippen molar-refractivity contribution in [3.63, 3.8) is 0 Å². The van der Waals surface area contributed by atoms with Crippen LogP contribution < -0.4 is 5.32 Å². The van der Waals surface area contributed by atoms with E-state index in [0.29, 0.717) is 11.5 Å². The highest BCUT2D eigenvalue weighted by molar-refractivity contribution is 7.92. The van der Waals surface area contributed by atoms with Crippen molar-refractivity contribution in [1.29, 1.82) is 4.78 Å². The lowest BCUT2D eigenvalue weighted by Gasteiger charge is -2.37. The molecule has 2 saturated heterocycles. The van der Waals surface area contributed by atoms with Crippen LogP contribution in [0.1, 0.15) is 12.8 Å². The molecule has 0 saturated carbocycles. The molecule has 4 heteroatoms. The van der Waals surface area contributed by atoms with Crippen LogP contribution in [0.25, 0.3) is 0 Å². The summed E-state index contributed by atoms with van der Waals surface area (Å²) >= 11 is 0. The summed E-state index contributed by atoms with van der Waals surface area (Å²) in [5.74, 6) is 2.87. The minimum Gasteiger partial charge on any atom is -0.316 e. The first-order valence-electron chi connectivity index (χ1n) is 4.62. The molecule has 2 aliphatic rings. The van der Waals surface area contributed by atoms with Gasteiger partial charge in [0.05, 0.1) is 0 Å². The van der Waals surface area contributed by atoms with Gasteiger partial charge in [-0.05, 0) is 37.8 Å². The minimum absolute atomic E-state index is 0.647. The Morgan fingerprint density at radius 3 is 2.17 bits per heavy atom. The van der Waals surface area contributed by atoms with Crippen LogP contribution in [0.4, 0.5) is 0 Å². The van der Waals surface area contributed by atoms with E-state index in [2.05, 4.69) is 5.32 Å². The summed E-state index contributed by atoms with van der Waals surface area (Å²) in [5.41, 5.74) is 0. The second-order valence-corrected chi connectivity index (χ2v) is 6.42. The Morgan fingerprint density at radius 2 is 1.75 bits per heavy atom. The lowest BCUT2D eigenvalue weighted by molar-refractivity contribution is 0.220. The molecule has 2 rings (SSSR count). The fourth-order valence-corrected chi connectivity index (χ4v) is 3.62. The first kappa shape index (κ1) is 8.51. The molecule has 0 atom stereocenters. The third-order valence-electron chi connectivity index (χ3n) is 3.12. The highest BCUT2D eigenvalue weighted by Crippen LogP contribution is 2.28. The first-order chi connectivity index (χ1) is 5.67. The summed E-state index contributed by atoms with van der Waals surface area (Å²) < 4.78 is 18.8. The zero-order chi connectivity index (χ0) is 8.60. The Labute approximate surface area is 73.9 Å².